The van der Waals surface area contributed by atoms with Gasteiger partial charge in [0.2, 0.25) is 5.91 Å². The van der Waals surface area contributed by atoms with E-state index in [1.165, 1.54) is 42.9 Å². The van der Waals surface area contributed by atoms with Gasteiger partial charge in [0.05, 0.1) is 6.67 Å². The number of likely N-dealkylation sites (N-methyl/N-ethyl adjacent to an activating group) is 1. The van der Waals surface area contributed by atoms with E-state index < -0.39 is 0 Å². The number of anilines is 1. The molecule has 2 nitrogen and oxygen atoms in total. The number of alkyl halides is 1. The van der Waals surface area contributed by atoms with E-state index in [4.69, 9.17) is 0 Å². The molecule has 1 fully saturated rings. The van der Waals surface area contributed by atoms with E-state index in [9.17, 15) is 9.18 Å². The molecule has 0 bridgehead atoms. The van der Waals surface area contributed by atoms with Gasteiger partial charge in [0.25, 0.3) is 0 Å². The van der Waals surface area contributed by atoms with Crippen LogP contribution < -0.4 is 4.90 Å². The Labute approximate surface area is 168 Å². The Morgan fingerprint density at radius 3 is 2.14 bits per heavy atom. The lowest BCUT2D eigenvalue weighted by Gasteiger charge is -2.28. The third-order valence-electron chi connectivity index (χ3n) is 6.07. The predicted octanol–water partition coefficient (Wildman–Crippen LogP) is 6.53. The van der Waals surface area contributed by atoms with Crippen molar-refractivity contribution in [2.75, 3.05) is 18.6 Å². The van der Waals surface area contributed by atoms with Gasteiger partial charge in [0.1, 0.15) is 0 Å². The van der Waals surface area contributed by atoms with Gasteiger partial charge in [-0.1, -0.05) is 43.0 Å². The van der Waals surface area contributed by atoms with E-state index in [1.54, 1.807) is 11.9 Å². The molecule has 1 aliphatic rings. The number of nitrogens with zero attached hydrogens (tertiary/aromatic N) is 1. The van der Waals surface area contributed by atoms with Gasteiger partial charge < -0.3 is 4.90 Å². The van der Waals surface area contributed by atoms with Crippen molar-refractivity contribution in [3.05, 3.63) is 66.7 Å². The van der Waals surface area contributed by atoms with Gasteiger partial charge in [-0.2, -0.15) is 0 Å². The van der Waals surface area contributed by atoms with Crippen molar-refractivity contribution in [3.8, 4) is 11.1 Å². The Morgan fingerprint density at radius 1 is 1.04 bits per heavy atom. The van der Waals surface area contributed by atoms with Gasteiger partial charge in [-0.25, -0.2) is 0 Å². The second-order valence-electron chi connectivity index (χ2n) is 7.82. The van der Waals surface area contributed by atoms with Crippen LogP contribution in [0, 0.1) is 5.92 Å². The van der Waals surface area contributed by atoms with Gasteiger partial charge in [0, 0.05) is 12.7 Å². The molecule has 1 saturated carbocycles. The molecular weight excluding hydrogens is 349 g/mol. The summed E-state index contributed by atoms with van der Waals surface area (Å²) in [6, 6.07) is 16.9. The quantitative estimate of drug-likeness (QED) is 0.501. The van der Waals surface area contributed by atoms with Crippen molar-refractivity contribution in [1.82, 2.24) is 0 Å². The molecule has 1 aliphatic carbocycles. The van der Waals surface area contributed by atoms with Gasteiger partial charge >= 0.3 is 0 Å². The molecule has 0 unspecified atom stereocenters. The van der Waals surface area contributed by atoms with E-state index in [1.807, 2.05) is 24.3 Å². The smallest absolute Gasteiger partial charge is 0.250 e. The summed E-state index contributed by atoms with van der Waals surface area (Å²) in [4.78, 5) is 13.3. The highest BCUT2D eigenvalue weighted by atomic mass is 19.1. The van der Waals surface area contributed by atoms with Gasteiger partial charge in [-0.3, -0.25) is 9.18 Å². The first-order valence-corrected chi connectivity index (χ1v) is 10.3. The molecule has 0 aliphatic heterocycles. The number of hydrogen-bond donors (Lipinski definition) is 0. The summed E-state index contributed by atoms with van der Waals surface area (Å²) < 4.78 is 12.4. The third kappa shape index (κ3) is 4.89. The minimum absolute atomic E-state index is 0.114. The topological polar surface area (TPSA) is 20.3 Å². The minimum Gasteiger partial charge on any atom is -0.312 e. The highest BCUT2D eigenvalue weighted by Crippen LogP contribution is 2.38. The summed E-state index contributed by atoms with van der Waals surface area (Å²) in [5.41, 5.74) is 4.60. The molecule has 2 aromatic carbocycles. The first-order chi connectivity index (χ1) is 13.6. The van der Waals surface area contributed by atoms with E-state index >= 15 is 0 Å². The van der Waals surface area contributed by atoms with E-state index in [2.05, 4.69) is 30.8 Å². The monoisotopic (exact) mass is 379 g/mol. The fourth-order valence-corrected chi connectivity index (χ4v) is 4.24. The van der Waals surface area contributed by atoms with E-state index in [0.717, 1.165) is 30.0 Å². The average molecular weight is 380 g/mol. The zero-order valence-corrected chi connectivity index (χ0v) is 16.7. The maximum absolute atomic E-state index is 12.4. The summed E-state index contributed by atoms with van der Waals surface area (Å²) in [6.07, 6.45) is 7.98. The largest absolute Gasteiger partial charge is 0.312 e. The summed E-state index contributed by atoms with van der Waals surface area (Å²) in [7, 11) is 1.75. The Kier molecular flexibility index (Phi) is 7.02. The first kappa shape index (κ1) is 20.3. The zero-order chi connectivity index (χ0) is 19.9. The molecular formula is C25H30FNO. The van der Waals surface area contributed by atoms with Crippen LogP contribution in [0.2, 0.25) is 0 Å². The molecule has 3 heteroatoms. The maximum Gasteiger partial charge on any atom is 0.250 e. The number of amides is 1. The number of hydrogen-bond acceptors (Lipinski definition) is 1. The average Bonchev–Trinajstić information content (AvgIpc) is 2.77. The van der Waals surface area contributed by atoms with Crippen LogP contribution in [0.3, 0.4) is 0 Å². The fraction of sp³-hybridized carbons (Fsp3) is 0.400. The highest BCUT2D eigenvalue weighted by molar-refractivity contribution is 6.00. The van der Waals surface area contributed by atoms with E-state index in [0.29, 0.717) is 5.92 Å². The summed E-state index contributed by atoms with van der Waals surface area (Å²) in [6.45, 7) is 3.35. The van der Waals surface area contributed by atoms with Crippen molar-refractivity contribution in [3.63, 3.8) is 0 Å². The molecule has 0 atom stereocenters. The zero-order valence-electron chi connectivity index (χ0n) is 16.7. The summed E-state index contributed by atoms with van der Waals surface area (Å²) in [5.74, 6) is 1.24. The lowest BCUT2D eigenvalue weighted by atomic mass is 9.77. The molecule has 0 radical (unpaired) electrons. The maximum atomic E-state index is 12.4. The molecule has 1 amide bonds. The molecule has 0 N–H and O–H groups in total. The summed E-state index contributed by atoms with van der Waals surface area (Å²) >= 11 is 0. The van der Waals surface area contributed by atoms with Gasteiger partial charge in [-0.05, 0) is 85.3 Å². The van der Waals surface area contributed by atoms with Crippen LogP contribution >= 0.6 is 0 Å². The van der Waals surface area contributed by atoms with Crippen LogP contribution in [0.15, 0.2) is 61.2 Å². The lowest BCUT2D eigenvalue weighted by Crippen LogP contribution is -2.23. The third-order valence-corrected chi connectivity index (χ3v) is 6.07. The van der Waals surface area contributed by atoms with E-state index in [-0.39, 0.29) is 12.6 Å². The van der Waals surface area contributed by atoms with Crippen molar-refractivity contribution in [2.24, 2.45) is 5.92 Å². The van der Waals surface area contributed by atoms with Crippen LogP contribution in [0.1, 0.15) is 50.0 Å². The Bertz CT molecular complexity index is 773. The van der Waals surface area contributed by atoms with Crippen LogP contribution in [-0.2, 0) is 4.79 Å². The van der Waals surface area contributed by atoms with Gasteiger partial charge in [-0.15, -0.1) is 0 Å². The molecule has 0 aromatic heterocycles. The number of halogens is 1. The van der Waals surface area contributed by atoms with Crippen molar-refractivity contribution >= 4 is 11.6 Å². The summed E-state index contributed by atoms with van der Waals surface area (Å²) in [5, 5.41) is 0. The minimum atomic E-state index is -0.177. The van der Waals surface area contributed by atoms with Crippen molar-refractivity contribution in [2.45, 2.75) is 44.4 Å². The molecule has 2 aromatic rings. The molecule has 28 heavy (non-hydrogen) atoms. The predicted molar refractivity (Wildman–Crippen MR) is 115 cm³/mol. The number of rotatable bonds is 7. The Balaban J connectivity index is 1.62. The number of carbonyl (C=O) groups excluding carboxylic acids is 1. The van der Waals surface area contributed by atoms with Crippen molar-refractivity contribution < 1.29 is 9.18 Å². The normalized spacial score (nSPS) is 19.2. The lowest BCUT2D eigenvalue weighted by molar-refractivity contribution is -0.113. The SMILES string of the molecule is C=CC(=O)N(C)c1ccc(-c2ccc(C3CCC(CCCF)CC3)cc2)cc1. The fourth-order valence-electron chi connectivity index (χ4n) is 4.24. The van der Waals surface area contributed by atoms with Crippen molar-refractivity contribution in [1.29, 1.82) is 0 Å². The first-order valence-electron chi connectivity index (χ1n) is 10.3. The van der Waals surface area contributed by atoms with Crippen LogP contribution in [0.5, 0.6) is 0 Å². The number of benzene rings is 2. The molecule has 3 rings (SSSR count). The molecule has 0 saturated heterocycles. The standard InChI is InChI=1S/C25H30FNO/c1-3-25(28)27(2)24-16-14-23(15-17-24)22-12-10-21(11-13-22)20-8-6-19(7-9-20)5-4-18-26/h3,10-17,19-20H,1,4-9,18H2,2H3. The van der Waals surface area contributed by atoms with Crippen LogP contribution in [-0.4, -0.2) is 19.6 Å². The Hall–Kier alpha value is -2.42. The second kappa shape index (κ2) is 9.68. The highest BCUT2D eigenvalue weighted by Gasteiger charge is 2.22. The molecule has 148 valence electrons. The van der Waals surface area contributed by atoms with Crippen LogP contribution in [0.25, 0.3) is 11.1 Å². The van der Waals surface area contributed by atoms with Crippen LogP contribution in [0.4, 0.5) is 10.1 Å². The second-order valence-corrected chi connectivity index (χ2v) is 7.82. The Morgan fingerprint density at radius 2 is 1.61 bits per heavy atom. The van der Waals surface area contributed by atoms with Gasteiger partial charge in [0.15, 0.2) is 0 Å². The number of carbonyl (C=O) groups is 1. The molecule has 0 spiro atoms. The molecule has 0 heterocycles.